The smallest absolute Gasteiger partial charge is 0.407 e. The average molecular weight is 401 g/mol. The fraction of sp³-hybridized carbons (Fsp3) is 0.350. The molecule has 3 rings (SSSR count). The van der Waals surface area contributed by atoms with Crippen LogP contribution in [-0.2, 0) is 6.42 Å². The number of likely N-dealkylation sites (tertiary alicyclic amines) is 1. The Labute approximate surface area is 168 Å². The van der Waals surface area contributed by atoms with Gasteiger partial charge in [-0.1, -0.05) is 6.07 Å². The van der Waals surface area contributed by atoms with E-state index in [2.05, 4.69) is 20.9 Å². The highest BCUT2D eigenvalue weighted by Gasteiger charge is 2.25. The molecule has 1 fully saturated rings. The van der Waals surface area contributed by atoms with Gasteiger partial charge in [-0.05, 0) is 56.1 Å². The molecule has 1 saturated heterocycles. The van der Waals surface area contributed by atoms with Crippen molar-refractivity contribution in [2.24, 2.45) is 0 Å². The molecular formula is C20H24FN5O3. The predicted molar refractivity (Wildman–Crippen MR) is 108 cm³/mol. The highest BCUT2D eigenvalue weighted by molar-refractivity contribution is 5.99. The number of hydrogen-bond acceptors (Lipinski definition) is 4. The number of amides is 3. The largest absolute Gasteiger partial charge is 0.465 e. The maximum absolute atomic E-state index is 14.1. The van der Waals surface area contributed by atoms with Crippen molar-refractivity contribution in [1.82, 2.24) is 15.2 Å². The molecule has 29 heavy (non-hydrogen) atoms. The summed E-state index contributed by atoms with van der Waals surface area (Å²) in [5.41, 5.74) is 2.30. The van der Waals surface area contributed by atoms with Crippen LogP contribution in [0.2, 0.25) is 0 Å². The Morgan fingerprint density at radius 1 is 1.28 bits per heavy atom. The minimum atomic E-state index is -0.900. The van der Waals surface area contributed by atoms with Crippen molar-refractivity contribution >= 4 is 23.5 Å². The first-order valence-corrected chi connectivity index (χ1v) is 9.41. The van der Waals surface area contributed by atoms with Crippen molar-refractivity contribution in [1.29, 1.82) is 0 Å². The van der Waals surface area contributed by atoms with E-state index in [-0.39, 0.29) is 11.7 Å². The Balaban J connectivity index is 1.50. The van der Waals surface area contributed by atoms with Crippen LogP contribution in [0.15, 0.2) is 36.5 Å². The van der Waals surface area contributed by atoms with Crippen molar-refractivity contribution in [2.75, 3.05) is 30.3 Å². The fourth-order valence-electron chi connectivity index (χ4n) is 3.17. The lowest BCUT2D eigenvalue weighted by molar-refractivity contribution is 0.154. The summed E-state index contributed by atoms with van der Waals surface area (Å²) in [6.45, 7) is 3.47. The van der Waals surface area contributed by atoms with Gasteiger partial charge in [0, 0.05) is 24.8 Å². The number of rotatable bonds is 6. The second-order valence-electron chi connectivity index (χ2n) is 7.00. The van der Waals surface area contributed by atoms with E-state index in [1.165, 1.54) is 17.2 Å². The zero-order valence-corrected chi connectivity index (χ0v) is 16.1. The first-order chi connectivity index (χ1) is 13.9. The van der Waals surface area contributed by atoms with Crippen molar-refractivity contribution in [3.8, 4) is 0 Å². The summed E-state index contributed by atoms with van der Waals surface area (Å²) in [5, 5.41) is 17.4. The summed E-state index contributed by atoms with van der Waals surface area (Å²) in [6.07, 6.45) is 2.03. The first kappa shape index (κ1) is 20.5. The lowest BCUT2D eigenvalue weighted by Crippen LogP contribution is -2.35. The van der Waals surface area contributed by atoms with Crippen LogP contribution in [0.4, 0.5) is 25.4 Å². The number of carbonyl (C=O) groups is 2. The third kappa shape index (κ3) is 5.89. The number of aromatic nitrogens is 1. The molecule has 0 unspecified atom stereocenters. The normalized spacial score (nSPS) is 15.9. The molecule has 154 valence electrons. The molecule has 2 aromatic rings. The van der Waals surface area contributed by atoms with Crippen molar-refractivity contribution < 1.29 is 19.1 Å². The second-order valence-corrected chi connectivity index (χ2v) is 7.00. The van der Waals surface area contributed by atoms with Gasteiger partial charge in [0.25, 0.3) is 0 Å². The Bertz CT molecular complexity index is 875. The molecule has 1 aliphatic heterocycles. The summed E-state index contributed by atoms with van der Waals surface area (Å²) in [5.74, 6) is -0.521. The molecule has 3 amide bonds. The molecule has 9 heteroatoms. The molecular weight excluding hydrogens is 377 g/mol. The van der Waals surface area contributed by atoms with Crippen LogP contribution in [-0.4, -0.2) is 52.8 Å². The van der Waals surface area contributed by atoms with E-state index < -0.39 is 17.9 Å². The maximum atomic E-state index is 14.1. The number of carboxylic acid groups (broad SMARTS) is 1. The summed E-state index contributed by atoms with van der Waals surface area (Å²) in [7, 11) is 0. The molecule has 2 heterocycles. The Hall–Kier alpha value is -3.20. The van der Waals surface area contributed by atoms with Crippen molar-refractivity contribution in [2.45, 2.75) is 25.8 Å². The lowest BCUT2D eigenvalue weighted by Gasteiger charge is -2.14. The predicted octanol–water partition coefficient (Wildman–Crippen LogP) is 3.06. The van der Waals surface area contributed by atoms with E-state index in [0.29, 0.717) is 31.7 Å². The van der Waals surface area contributed by atoms with E-state index in [9.17, 15) is 14.0 Å². The zero-order valence-electron chi connectivity index (χ0n) is 16.1. The summed E-state index contributed by atoms with van der Waals surface area (Å²) in [4.78, 5) is 28.6. The van der Waals surface area contributed by atoms with Crippen LogP contribution < -0.4 is 16.0 Å². The van der Waals surface area contributed by atoms with Crippen LogP contribution in [0.5, 0.6) is 0 Å². The van der Waals surface area contributed by atoms with E-state index in [1.54, 1.807) is 24.3 Å². The third-order valence-electron chi connectivity index (χ3n) is 4.75. The van der Waals surface area contributed by atoms with Gasteiger partial charge in [0.1, 0.15) is 5.82 Å². The maximum Gasteiger partial charge on any atom is 0.407 e. The molecule has 0 radical (unpaired) electrons. The number of aryl methyl sites for hydroxylation is 1. The molecule has 0 spiro atoms. The van der Waals surface area contributed by atoms with Crippen LogP contribution in [0.25, 0.3) is 0 Å². The standard InChI is InChI=1S/C20H24FN5O3/c1-13-2-4-15(11-23-13)24-19(27)25-18-10-14(3-5-17(18)21)6-8-22-16-7-9-26(12-16)20(28)29/h2-5,10-11,16,22H,6-9,12H2,1H3,(H,28,29)(H2,24,25,27)/t16-/m0/s1. The van der Waals surface area contributed by atoms with Gasteiger partial charge in [-0.3, -0.25) is 4.98 Å². The van der Waals surface area contributed by atoms with Gasteiger partial charge in [0.05, 0.1) is 17.6 Å². The van der Waals surface area contributed by atoms with Crippen molar-refractivity contribution in [3.05, 3.63) is 53.6 Å². The van der Waals surface area contributed by atoms with Gasteiger partial charge in [0.2, 0.25) is 0 Å². The quantitative estimate of drug-likeness (QED) is 0.595. The minimum Gasteiger partial charge on any atom is -0.465 e. The van der Waals surface area contributed by atoms with Gasteiger partial charge in [-0.15, -0.1) is 0 Å². The molecule has 0 bridgehead atoms. The van der Waals surface area contributed by atoms with Gasteiger partial charge < -0.3 is 26.0 Å². The van der Waals surface area contributed by atoms with Crippen LogP contribution >= 0.6 is 0 Å². The summed E-state index contributed by atoms with van der Waals surface area (Å²) >= 11 is 0. The van der Waals surface area contributed by atoms with Crippen molar-refractivity contribution in [3.63, 3.8) is 0 Å². The van der Waals surface area contributed by atoms with Crippen LogP contribution in [0.1, 0.15) is 17.7 Å². The number of urea groups is 1. The third-order valence-corrected chi connectivity index (χ3v) is 4.75. The number of anilines is 2. The van der Waals surface area contributed by atoms with Crippen LogP contribution in [0.3, 0.4) is 0 Å². The molecule has 1 aromatic heterocycles. The van der Waals surface area contributed by atoms with Crippen LogP contribution in [0, 0.1) is 12.7 Å². The fourth-order valence-corrected chi connectivity index (χ4v) is 3.17. The second kappa shape index (κ2) is 9.33. The molecule has 8 nitrogen and oxygen atoms in total. The van der Waals surface area contributed by atoms with Gasteiger partial charge in [-0.25, -0.2) is 14.0 Å². The SMILES string of the molecule is Cc1ccc(NC(=O)Nc2cc(CCN[C@H]3CCN(C(=O)O)C3)ccc2F)cn1. The Morgan fingerprint density at radius 3 is 2.79 bits per heavy atom. The van der Waals surface area contributed by atoms with Gasteiger partial charge >= 0.3 is 12.1 Å². The number of pyridine rings is 1. The molecule has 4 N–H and O–H groups in total. The summed E-state index contributed by atoms with van der Waals surface area (Å²) < 4.78 is 14.1. The zero-order chi connectivity index (χ0) is 20.8. The topological polar surface area (TPSA) is 107 Å². The van der Waals surface area contributed by atoms with E-state index in [1.807, 2.05) is 6.92 Å². The Kier molecular flexibility index (Phi) is 6.61. The lowest BCUT2D eigenvalue weighted by atomic mass is 10.1. The molecule has 0 aliphatic carbocycles. The highest BCUT2D eigenvalue weighted by atomic mass is 19.1. The average Bonchev–Trinajstić information content (AvgIpc) is 3.15. The number of halogens is 1. The summed E-state index contributed by atoms with van der Waals surface area (Å²) in [6, 6.07) is 7.64. The molecule has 0 saturated carbocycles. The van der Waals surface area contributed by atoms with E-state index in [4.69, 9.17) is 5.11 Å². The van der Waals surface area contributed by atoms with Gasteiger partial charge in [0.15, 0.2) is 0 Å². The monoisotopic (exact) mass is 401 g/mol. The number of nitrogens with one attached hydrogen (secondary N) is 3. The van der Waals surface area contributed by atoms with E-state index in [0.717, 1.165) is 17.7 Å². The Morgan fingerprint density at radius 2 is 2.10 bits per heavy atom. The number of carbonyl (C=O) groups excluding carboxylic acids is 1. The van der Waals surface area contributed by atoms with Gasteiger partial charge in [-0.2, -0.15) is 0 Å². The number of hydrogen-bond donors (Lipinski definition) is 4. The molecule has 1 atom stereocenters. The first-order valence-electron chi connectivity index (χ1n) is 9.41. The van der Waals surface area contributed by atoms with E-state index >= 15 is 0 Å². The molecule has 1 aromatic carbocycles. The number of nitrogens with zero attached hydrogens (tertiary/aromatic N) is 2. The number of benzene rings is 1. The molecule has 1 aliphatic rings. The highest BCUT2D eigenvalue weighted by Crippen LogP contribution is 2.17. The minimum absolute atomic E-state index is 0.0954.